The Balaban J connectivity index is 1.24. The predicted molar refractivity (Wildman–Crippen MR) is 148 cm³/mol. The number of carboxylic acids is 2. The number of rotatable bonds is 10. The Hall–Kier alpha value is -5.38. The molecule has 6 N–H and O–H groups in total. The van der Waals surface area contributed by atoms with Crippen LogP contribution in [0.1, 0.15) is 31.8 Å². The van der Waals surface area contributed by atoms with E-state index in [-0.39, 0.29) is 24.0 Å². The summed E-state index contributed by atoms with van der Waals surface area (Å²) >= 11 is 0. The minimum absolute atomic E-state index is 0.0819. The zero-order valence-electron chi connectivity index (χ0n) is 21.2. The zero-order valence-corrected chi connectivity index (χ0v) is 21.2. The van der Waals surface area contributed by atoms with Crippen LogP contribution in [0.5, 0.6) is 0 Å². The van der Waals surface area contributed by atoms with Crippen molar-refractivity contribution in [3.8, 4) is 0 Å². The summed E-state index contributed by atoms with van der Waals surface area (Å²) in [6.45, 7) is 0. The van der Waals surface area contributed by atoms with E-state index in [2.05, 4.69) is 20.6 Å². The molecular formula is C30H26N4O6. The van der Waals surface area contributed by atoms with E-state index in [1.54, 1.807) is 12.4 Å². The Morgan fingerprint density at radius 3 is 1.35 bits per heavy atom. The van der Waals surface area contributed by atoms with Crippen LogP contribution in [0.2, 0.25) is 0 Å². The van der Waals surface area contributed by atoms with Crippen molar-refractivity contribution in [3.05, 3.63) is 107 Å². The largest absolute Gasteiger partial charge is 0.480 e. The van der Waals surface area contributed by atoms with Gasteiger partial charge in [0.25, 0.3) is 11.8 Å². The van der Waals surface area contributed by atoms with Crippen LogP contribution in [-0.2, 0) is 22.4 Å². The number of H-pyrrole nitrogens is 2. The van der Waals surface area contributed by atoms with E-state index in [1.807, 2.05) is 48.5 Å². The molecule has 0 radical (unpaired) electrons. The maximum absolute atomic E-state index is 12.8. The molecule has 3 aromatic carbocycles. The zero-order chi connectivity index (χ0) is 28.2. The first-order chi connectivity index (χ1) is 19.3. The second-order valence-electron chi connectivity index (χ2n) is 9.43. The Bertz CT molecular complexity index is 1590. The summed E-state index contributed by atoms with van der Waals surface area (Å²) in [5, 5.41) is 26.2. The third kappa shape index (κ3) is 5.56. The maximum atomic E-state index is 12.8. The van der Waals surface area contributed by atoms with E-state index < -0.39 is 35.8 Å². The molecule has 0 bridgehead atoms. The van der Waals surface area contributed by atoms with Gasteiger partial charge in [0.1, 0.15) is 12.1 Å². The third-order valence-corrected chi connectivity index (χ3v) is 6.81. The van der Waals surface area contributed by atoms with Gasteiger partial charge < -0.3 is 30.8 Å². The number of aromatic nitrogens is 2. The van der Waals surface area contributed by atoms with Crippen molar-refractivity contribution in [2.24, 2.45) is 0 Å². The number of nitrogens with one attached hydrogen (secondary N) is 4. The van der Waals surface area contributed by atoms with Crippen molar-refractivity contribution in [1.29, 1.82) is 0 Å². The second kappa shape index (κ2) is 11.2. The van der Waals surface area contributed by atoms with Gasteiger partial charge in [-0.1, -0.05) is 36.4 Å². The molecule has 40 heavy (non-hydrogen) atoms. The average Bonchev–Trinajstić information content (AvgIpc) is 3.56. The highest BCUT2D eigenvalue weighted by molar-refractivity contribution is 6.00. The number of carbonyl (C=O) groups excluding carboxylic acids is 2. The van der Waals surface area contributed by atoms with E-state index in [9.17, 15) is 29.4 Å². The maximum Gasteiger partial charge on any atom is 0.326 e. The van der Waals surface area contributed by atoms with Crippen LogP contribution in [0.3, 0.4) is 0 Å². The van der Waals surface area contributed by atoms with Crippen LogP contribution in [0.15, 0.2) is 85.2 Å². The number of aliphatic carboxylic acids is 2. The van der Waals surface area contributed by atoms with Gasteiger partial charge >= 0.3 is 11.9 Å². The molecule has 202 valence electrons. The molecule has 2 atom stereocenters. The Kier molecular flexibility index (Phi) is 7.32. The van der Waals surface area contributed by atoms with Crippen LogP contribution in [-0.4, -0.2) is 56.0 Å². The monoisotopic (exact) mass is 538 g/mol. The standard InChI is InChI=1S/C30H26N4O6/c35-27(33-25(29(37)38)13-19-15-31-23-7-3-1-5-21(19)23)17-9-11-18(12-10-17)28(36)34-26(30(39)40)14-20-16-32-24-8-4-2-6-22(20)24/h1-12,15-16,25-26,31-32H,13-14H2,(H,33,35)(H,34,36)(H,37,38)(H,39,40)/t25-,26-/m0/s1. The summed E-state index contributed by atoms with van der Waals surface area (Å²) in [5.74, 6) is -3.57. The molecule has 2 heterocycles. The number of amides is 2. The minimum atomic E-state index is -1.18. The van der Waals surface area contributed by atoms with Gasteiger partial charge in [0.2, 0.25) is 0 Å². The first kappa shape index (κ1) is 26.2. The summed E-state index contributed by atoms with van der Waals surface area (Å²) < 4.78 is 0. The molecule has 5 rings (SSSR count). The van der Waals surface area contributed by atoms with Crippen molar-refractivity contribution in [1.82, 2.24) is 20.6 Å². The van der Waals surface area contributed by atoms with Gasteiger partial charge in [0, 0.05) is 58.2 Å². The number of carbonyl (C=O) groups is 4. The summed E-state index contributed by atoms with van der Waals surface area (Å²) in [6, 6.07) is 18.2. The number of aromatic amines is 2. The lowest BCUT2D eigenvalue weighted by atomic mass is 10.0. The number of hydrogen-bond donors (Lipinski definition) is 6. The molecule has 0 aliphatic carbocycles. The van der Waals surface area contributed by atoms with Crippen molar-refractivity contribution in [3.63, 3.8) is 0 Å². The molecule has 0 aliphatic rings. The molecule has 0 aliphatic heterocycles. The molecule has 2 aromatic heterocycles. The highest BCUT2D eigenvalue weighted by atomic mass is 16.4. The first-order valence-electron chi connectivity index (χ1n) is 12.6. The lowest BCUT2D eigenvalue weighted by Gasteiger charge is -2.15. The molecule has 0 fully saturated rings. The Morgan fingerprint density at radius 1 is 0.600 bits per heavy atom. The number of para-hydroxylation sites is 2. The van der Waals surface area contributed by atoms with Crippen molar-refractivity contribution < 1.29 is 29.4 Å². The Morgan fingerprint density at radius 2 is 0.975 bits per heavy atom. The number of fused-ring (bicyclic) bond motifs is 2. The van der Waals surface area contributed by atoms with E-state index >= 15 is 0 Å². The quantitative estimate of drug-likeness (QED) is 0.159. The summed E-state index contributed by atoms with van der Waals surface area (Å²) in [4.78, 5) is 55.6. The summed E-state index contributed by atoms with van der Waals surface area (Å²) in [6.07, 6.45) is 3.61. The van der Waals surface area contributed by atoms with E-state index in [0.717, 1.165) is 32.9 Å². The van der Waals surface area contributed by atoms with E-state index in [1.165, 1.54) is 24.3 Å². The normalized spacial score (nSPS) is 12.6. The Labute approximate surface area is 228 Å². The van der Waals surface area contributed by atoms with Crippen LogP contribution in [0.25, 0.3) is 21.8 Å². The number of carboxylic acid groups (broad SMARTS) is 2. The fraction of sp³-hybridized carbons (Fsp3) is 0.133. The first-order valence-corrected chi connectivity index (χ1v) is 12.6. The van der Waals surface area contributed by atoms with Crippen LogP contribution in [0, 0.1) is 0 Å². The van der Waals surface area contributed by atoms with Gasteiger partial charge in [0.15, 0.2) is 0 Å². The molecular weight excluding hydrogens is 512 g/mol. The molecule has 0 saturated heterocycles. The lowest BCUT2D eigenvalue weighted by molar-refractivity contribution is -0.140. The van der Waals surface area contributed by atoms with Crippen molar-refractivity contribution in [2.75, 3.05) is 0 Å². The fourth-order valence-corrected chi connectivity index (χ4v) is 4.70. The highest BCUT2D eigenvalue weighted by Crippen LogP contribution is 2.21. The van der Waals surface area contributed by atoms with Crippen molar-refractivity contribution >= 4 is 45.6 Å². The third-order valence-electron chi connectivity index (χ3n) is 6.81. The molecule has 2 amide bonds. The predicted octanol–water partition coefficient (Wildman–Crippen LogP) is 3.50. The summed E-state index contributed by atoms with van der Waals surface area (Å²) in [5.41, 5.74) is 3.58. The van der Waals surface area contributed by atoms with Crippen LogP contribution < -0.4 is 10.6 Å². The molecule has 10 nitrogen and oxygen atoms in total. The van der Waals surface area contributed by atoms with Gasteiger partial charge in [-0.25, -0.2) is 9.59 Å². The van der Waals surface area contributed by atoms with Gasteiger partial charge in [-0.2, -0.15) is 0 Å². The van der Waals surface area contributed by atoms with E-state index in [4.69, 9.17) is 0 Å². The fourth-order valence-electron chi connectivity index (χ4n) is 4.70. The average molecular weight is 539 g/mol. The molecule has 0 saturated carbocycles. The van der Waals surface area contributed by atoms with Gasteiger partial charge in [0.05, 0.1) is 0 Å². The number of hydrogen-bond acceptors (Lipinski definition) is 4. The molecule has 5 aromatic rings. The topological polar surface area (TPSA) is 164 Å². The van der Waals surface area contributed by atoms with Crippen molar-refractivity contribution in [2.45, 2.75) is 24.9 Å². The van der Waals surface area contributed by atoms with Gasteiger partial charge in [-0.3, -0.25) is 9.59 Å². The second-order valence-corrected chi connectivity index (χ2v) is 9.43. The molecule has 0 spiro atoms. The van der Waals surface area contributed by atoms with E-state index in [0.29, 0.717) is 0 Å². The van der Waals surface area contributed by atoms with Gasteiger partial charge in [-0.05, 0) is 47.5 Å². The molecule has 10 heteroatoms. The minimum Gasteiger partial charge on any atom is -0.480 e. The SMILES string of the molecule is O=C(N[C@@H](Cc1c[nH]c2ccccc12)C(=O)O)c1ccc(C(=O)N[C@@H](Cc2c[nH]c3ccccc23)C(=O)O)cc1. The lowest BCUT2D eigenvalue weighted by Crippen LogP contribution is -2.42. The molecule has 0 unspecified atom stereocenters. The van der Waals surface area contributed by atoms with Gasteiger partial charge in [-0.15, -0.1) is 0 Å². The van der Waals surface area contributed by atoms with Crippen LogP contribution >= 0.6 is 0 Å². The smallest absolute Gasteiger partial charge is 0.326 e. The van der Waals surface area contributed by atoms with Crippen LogP contribution in [0.4, 0.5) is 0 Å². The number of benzene rings is 3. The highest BCUT2D eigenvalue weighted by Gasteiger charge is 2.24. The summed E-state index contributed by atoms with van der Waals surface area (Å²) in [7, 11) is 0.